The van der Waals surface area contributed by atoms with E-state index in [2.05, 4.69) is 10.6 Å². The van der Waals surface area contributed by atoms with Crippen molar-refractivity contribution in [3.63, 3.8) is 0 Å². The molecule has 0 aliphatic rings. The average molecular weight is 416 g/mol. The van der Waals surface area contributed by atoms with E-state index >= 15 is 0 Å². The minimum absolute atomic E-state index is 0.0000873. The van der Waals surface area contributed by atoms with Crippen molar-refractivity contribution in [2.75, 3.05) is 12.4 Å². The van der Waals surface area contributed by atoms with Crippen LogP contribution in [0.4, 0.5) is 11.4 Å². The Hall–Kier alpha value is -2.62. The molecule has 2 rings (SSSR count). The first-order chi connectivity index (χ1) is 12.2. The molecule has 0 heterocycles. The number of nitro groups is 1. The van der Waals surface area contributed by atoms with Crippen LogP contribution in [0.15, 0.2) is 30.3 Å². The van der Waals surface area contributed by atoms with Gasteiger partial charge in [-0.15, -0.1) is 0 Å². The average Bonchev–Trinajstić information content (AvgIpc) is 2.58. The van der Waals surface area contributed by atoms with Crippen LogP contribution in [-0.4, -0.2) is 28.2 Å². The SMILES string of the molecule is COc1ccc(C(=O)NC(=S)Nc2cc(Cl)cc(Cl)c2O)cc1[N+](=O)[O-]. The van der Waals surface area contributed by atoms with E-state index in [1.165, 1.54) is 31.4 Å². The molecule has 0 aliphatic heterocycles. The van der Waals surface area contributed by atoms with Crippen molar-refractivity contribution in [1.29, 1.82) is 0 Å². The van der Waals surface area contributed by atoms with Gasteiger partial charge in [-0.05, 0) is 36.5 Å². The molecule has 0 bridgehead atoms. The molecule has 0 aromatic heterocycles. The Kier molecular flexibility index (Phi) is 6.19. The number of nitro benzene ring substituents is 1. The molecule has 8 nitrogen and oxygen atoms in total. The zero-order valence-corrected chi connectivity index (χ0v) is 15.4. The Labute approximate surface area is 162 Å². The van der Waals surface area contributed by atoms with Gasteiger partial charge in [-0.3, -0.25) is 20.2 Å². The van der Waals surface area contributed by atoms with Gasteiger partial charge < -0.3 is 15.2 Å². The largest absolute Gasteiger partial charge is 0.504 e. The number of benzene rings is 2. The van der Waals surface area contributed by atoms with E-state index in [-0.39, 0.29) is 43.6 Å². The van der Waals surface area contributed by atoms with Gasteiger partial charge in [-0.25, -0.2) is 0 Å². The summed E-state index contributed by atoms with van der Waals surface area (Å²) in [6, 6.07) is 6.40. The molecule has 0 aliphatic carbocycles. The van der Waals surface area contributed by atoms with Crippen LogP contribution in [0, 0.1) is 10.1 Å². The molecule has 2 aromatic carbocycles. The van der Waals surface area contributed by atoms with E-state index in [1.807, 2.05) is 0 Å². The molecular weight excluding hydrogens is 405 g/mol. The van der Waals surface area contributed by atoms with Crippen molar-refractivity contribution in [3.8, 4) is 11.5 Å². The van der Waals surface area contributed by atoms with Gasteiger partial charge in [0.25, 0.3) is 5.91 Å². The highest BCUT2D eigenvalue weighted by molar-refractivity contribution is 7.80. The van der Waals surface area contributed by atoms with Crippen LogP contribution in [0.25, 0.3) is 0 Å². The molecule has 136 valence electrons. The number of hydrogen-bond donors (Lipinski definition) is 3. The van der Waals surface area contributed by atoms with E-state index in [1.54, 1.807) is 0 Å². The fraction of sp³-hybridized carbons (Fsp3) is 0.0667. The third kappa shape index (κ3) is 4.51. The van der Waals surface area contributed by atoms with E-state index < -0.39 is 10.8 Å². The molecule has 0 fully saturated rings. The van der Waals surface area contributed by atoms with Crippen molar-refractivity contribution >= 4 is 57.8 Å². The van der Waals surface area contributed by atoms with Crippen LogP contribution in [0.5, 0.6) is 11.5 Å². The van der Waals surface area contributed by atoms with E-state index in [9.17, 15) is 20.0 Å². The predicted molar refractivity (Wildman–Crippen MR) is 101 cm³/mol. The fourth-order valence-electron chi connectivity index (χ4n) is 1.96. The Balaban J connectivity index is 2.16. The number of halogens is 2. The summed E-state index contributed by atoms with van der Waals surface area (Å²) >= 11 is 16.6. The highest BCUT2D eigenvalue weighted by atomic mass is 35.5. The van der Waals surface area contributed by atoms with Crippen molar-refractivity contribution < 1.29 is 19.6 Å². The summed E-state index contributed by atoms with van der Waals surface area (Å²) < 4.78 is 4.87. The molecular formula is C15H11Cl2N3O5S. The number of rotatable bonds is 4. The third-order valence-corrected chi connectivity index (χ3v) is 3.85. The van der Waals surface area contributed by atoms with Gasteiger partial charge in [0.15, 0.2) is 16.6 Å². The smallest absolute Gasteiger partial charge is 0.311 e. The number of carbonyl (C=O) groups excluding carboxylic acids is 1. The summed E-state index contributed by atoms with van der Waals surface area (Å²) in [4.78, 5) is 22.6. The summed E-state index contributed by atoms with van der Waals surface area (Å²) in [6.45, 7) is 0. The van der Waals surface area contributed by atoms with Gasteiger partial charge in [-0.2, -0.15) is 0 Å². The number of methoxy groups -OCH3 is 1. The van der Waals surface area contributed by atoms with E-state index in [4.69, 9.17) is 40.2 Å². The molecule has 0 unspecified atom stereocenters. The second-order valence-electron chi connectivity index (χ2n) is 4.84. The van der Waals surface area contributed by atoms with E-state index in [0.717, 1.165) is 6.07 Å². The van der Waals surface area contributed by atoms with Crippen LogP contribution in [0.2, 0.25) is 10.0 Å². The van der Waals surface area contributed by atoms with Crippen LogP contribution in [0.3, 0.4) is 0 Å². The third-order valence-electron chi connectivity index (χ3n) is 3.14. The van der Waals surface area contributed by atoms with Crippen molar-refractivity contribution in [3.05, 3.63) is 56.1 Å². The lowest BCUT2D eigenvalue weighted by atomic mass is 10.1. The summed E-state index contributed by atoms with van der Waals surface area (Å²) in [5.74, 6) is -0.973. The van der Waals surface area contributed by atoms with Crippen LogP contribution >= 0.6 is 35.4 Å². The highest BCUT2D eigenvalue weighted by Gasteiger charge is 2.19. The first-order valence-corrected chi connectivity index (χ1v) is 8.02. The Morgan fingerprint density at radius 2 is 2.00 bits per heavy atom. The van der Waals surface area contributed by atoms with Gasteiger partial charge >= 0.3 is 5.69 Å². The Morgan fingerprint density at radius 1 is 1.31 bits per heavy atom. The Morgan fingerprint density at radius 3 is 2.62 bits per heavy atom. The van der Waals surface area contributed by atoms with Gasteiger partial charge in [0, 0.05) is 16.7 Å². The normalized spacial score (nSPS) is 10.1. The molecule has 2 aromatic rings. The molecule has 26 heavy (non-hydrogen) atoms. The number of aromatic hydroxyl groups is 1. The summed E-state index contributed by atoms with van der Waals surface area (Å²) in [7, 11) is 1.28. The molecule has 0 radical (unpaired) electrons. The maximum Gasteiger partial charge on any atom is 0.311 e. The summed E-state index contributed by atoms with van der Waals surface area (Å²) in [6.07, 6.45) is 0. The molecule has 0 atom stereocenters. The minimum atomic E-state index is -0.694. The molecule has 0 saturated heterocycles. The second-order valence-corrected chi connectivity index (χ2v) is 6.09. The zero-order chi connectivity index (χ0) is 19.4. The van der Waals surface area contributed by atoms with Gasteiger partial charge in [-0.1, -0.05) is 23.2 Å². The monoisotopic (exact) mass is 415 g/mol. The first-order valence-electron chi connectivity index (χ1n) is 6.85. The molecule has 11 heteroatoms. The quantitative estimate of drug-likeness (QED) is 0.301. The summed E-state index contributed by atoms with van der Waals surface area (Å²) in [5, 5.41) is 25.9. The zero-order valence-electron chi connectivity index (χ0n) is 13.1. The lowest BCUT2D eigenvalue weighted by Gasteiger charge is -2.12. The first kappa shape index (κ1) is 19.7. The number of nitrogens with zero attached hydrogens (tertiary/aromatic N) is 1. The number of phenols is 1. The molecule has 0 saturated carbocycles. The maximum atomic E-state index is 12.2. The van der Waals surface area contributed by atoms with Crippen molar-refractivity contribution in [2.24, 2.45) is 0 Å². The standard InChI is InChI=1S/C15H11Cl2N3O5S/c1-25-12-3-2-7(4-11(12)20(23)24)14(22)19-15(26)18-10-6-8(16)5-9(17)13(10)21/h2-6,21H,1H3,(H2,18,19,22,26). The number of thiocarbonyl (C=S) groups is 1. The van der Waals surface area contributed by atoms with E-state index in [0.29, 0.717) is 0 Å². The Bertz CT molecular complexity index is 907. The second kappa shape index (κ2) is 8.17. The van der Waals surface area contributed by atoms with Crippen LogP contribution in [0.1, 0.15) is 10.4 Å². The topological polar surface area (TPSA) is 114 Å². The molecule has 0 spiro atoms. The number of hydrogen-bond acceptors (Lipinski definition) is 6. The van der Waals surface area contributed by atoms with Crippen molar-refractivity contribution in [2.45, 2.75) is 0 Å². The number of phenolic OH excluding ortho intramolecular Hbond substituents is 1. The van der Waals surface area contributed by atoms with Gasteiger partial charge in [0.1, 0.15) is 0 Å². The predicted octanol–water partition coefficient (Wildman–Crippen LogP) is 3.74. The molecule has 1 amide bonds. The van der Waals surface area contributed by atoms with Gasteiger partial charge in [0.05, 0.1) is 22.7 Å². The maximum absolute atomic E-state index is 12.2. The lowest BCUT2D eigenvalue weighted by Crippen LogP contribution is -2.34. The highest BCUT2D eigenvalue weighted by Crippen LogP contribution is 2.35. The minimum Gasteiger partial charge on any atom is -0.504 e. The van der Waals surface area contributed by atoms with Crippen LogP contribution in [-0.2, 0) is 0 Å². The van der Waals surface area contributed by atoms with Gasteiger partial charge in [0.2, 0.25) is 0 Å². The summed E-state index contributed by atoms with van der Waals surface area (Å²) in [5.41, 5.74) is -0.276. The number of ether oxygens (including phenoxy) is 1. The lowest BCUT2D eigenvalue weighted by molar-refractivity contribution is -0.385. The van der Waals surface area contributed by atoms with Crippen molar-refractivity contribution in [1.82, 2.24) is 5.32 Å². The number of anilines is 1. The van der Waals surface area contributed by atoms with Crippen LogP contribution < -0.4 is 15.4 Å². The number of carbonyl (C=O) groups is 1. The number of nitrogens with one attached hydrogen (secondary N) is 2. The fourth-order valence-corrected chi connectivity index (χ4v) is 2.66. The number of amides is 1. The molecule has 3 N–H and O–H groups in total.